The second kappa shape index (κ2) is 15.1. The number of benzene rings is 8. The minimum Gasteiger partial charge on any atom is -0.510 e. The van der Waals surface area contributed by atoms with E-state index in [0.717, 1.165) is 61.2 Å². The number of pyridine rings is 1. The average Bonchev–Trinajstić information content (AvgIpc) is 3.97. The summed E-state index contributed by atoms with van der Waals surface area (Å²) >= 11 is 0. The van der Waals surface area contributed by atoms with E-state index in [9.17, 15) is 0 Å². The Labute approximate surface area is 404 Å². The summed E-state index contributed by atoms with van der Waals surface area (Å²) in [4.78, 5) is 4.87. The monoisotopic (exact) mass is 1040 g/mol. The number of nitrogens with zero attached hydrogens (tertiary/aromatic N) is 4. The Morgan fingerprint density at radius 1 is 0.552 bits per heavy atom. The topological polar surface area (TPSA) is 35.9 Å². The van der Waals surface area contributed by atoms with Crippen molar-refractivity contribution in [2.45, 2.75) is 45.4 Å². The summed E-state index contributed by atoms with van der Waals surface area (Å²) in [5.74, 6) is 2.02. The third kappa shape index (κ3) is 6.25. The zero-order valence-corrected chi connectivity index (χ0v) is 40.0. The van der Waals surface area contributed by atoms with Gasteiger partial charge in [-0.2, -0.15) is 18.2 Å². The Hall–Kier alpha value is -7.33. The molecule has 0 fully saturated rings. The zero-order chi connectivity index (χ0) is 44.5. The molecule has 0 spiro atoms. The smallest absolute Gasteiger partial charge is 0.268 e. The third-order valence-corrected chi connectivity index (χ3v) is 14.0. The second-order valence-electron chi connectivity index (χ2n) is 19.2. The van der Waals surface area contributed by atoms with Crippen LogP contribution >= 0.6 is 0 Å². The largest absolute Gasteiger partial charge is 0.510 e. The number of rotatable bonds is 4. The molecule has 0 saturated heterocycles. The number of para-hydroxylation sites is 3. The first-order valence-corrected chi connectivity index (χ1v) is 22.7. The maximum absolute atomic E-state index is 6.69. The summed E-state index contributed by atoms with van der Waals surface area (Å²) in [7, 11) is 0. The predicted molar refractivity (Wildman–Crippen MR) is 266 cm³/mol. The summed E-state index contributed by atoms with van der Waals surface area (Å²) in [5, 5.41) is 2.23. The molecule has 4 heterocycles. The summed E-state index contributed by atoms with van der Waals surface area (Å²) in [6.07, 6.45) is 5.74. The van der Waals surface area contributed by atoms with E-state index in [1.807, 2.05) is 24.4 Å². The van der Waals surface area contributed by atoms with Gasteiger partial charge in [-0.25, -0.2) is 4.98 Å². The molecule has 0 amide bonds. The van der Waals surface area contributed by atoms with Crippen LogP contribution in [0.4, 0.5) is 0 Å². The van der Waals surface area contributed by atoms with Crippen molar-refractivity contribution in [1.29, 1.82) is 0 Å². The van der Waals surface area contributed by atoms with E-state index in [0.29, 0.717) is 11.5 Å². The van der Waals surface area contributed by atoms with Gasteiger partial charge in [0.15, 0.2) is 0 Å². The van der Waals surface area contributed by atoms with Crippen LogP contribution < -0.4 is 9.30 Å². The first kappa shape index (κ1) is 41.1. The summed E-state index contributed by atoms with van der Waals surface area (Å²) in [6.45, 7) is 11.4. The van der Waals surface area contributed by atoms with Crippen molar-refractivity contribution < 1.29 is 30.4 Å². The summed E-state index contributed by atoms with van der Waals surface area (Å²) in [6, 6.07) is 68.2. The van der Waals surface area contributed by atoms with Crippen LogP contribution in [0.15, 0.2) is 176 Å². The van der Waals surface area contributed by atoms with Gasteiger partial charge in [0.25, 0.3) is 6.33 Å². The molecule has 0 bridgehead atoms. The molecule has 6 heteroatoms. The van der Waals surface area contributed by atoms with Crippen LogP contribution in [0.3, 0.4) is 0 Å². The van der Waals surface area contributed by atoms with Gasteiger partial charge in [0.05, 0.1) is 16.7 Å². The summed E-state index contributed by atoms with van der Waals surface area (Å²) in [5.41, 5.74) is 19.4. The molecule has 0 saturated carbocycles. The van der Waals surface area contributed by atoms with Gasteiger partial charge in [0.2, 0.25) is 0 Å². The molecule has 11 aromatic rings. The van der Waals surface area contributed by atoms with E-state index < -0.39 is 0 Å². The van der Waals surface area contributed by atoms with Crippen molar-refractivity contribution >= 4 is 32.8 Å². The molecule has 326 valence electrons. The quantitative estimate of drug-likeness (QED) is 0.130. The fraction of sp³-hybridized carbons (Fsp3) is 0.115. The van der Waals surface area contributed by atoms with Crippen LogP contribution in [0.5, 0.6) is 11.5 Å². The van der Waals surface area contributed by atoms with Gasteiger partial charge in [-0.15, -0.1) is 29.7 Å². The van der Waals surface area contributed by atoms with Crippen molar-refractivity contribution in [2.24, 2.45) is 0 Å². The molecule has 0 radical (unpaired) electrons. The van der Waals surface area contributed by atoms with Crippen LogP contribution in [0.2, 0.25) is 0 Å². The van der Waals surface area contributed by atoms with Gasteiger partial charge in [0.1, 0.15) is 5.82 Å². The molecule has 5 nitrogen and oxygen atoms in total. The zero-order valence-electron chi connectivity index (χ0n) is 37.8. The fourth-order valence-corrected chi connectivity index (χ4v) is 10.7. The normalized spacial score (nSPS) is 13.1. The number of ether oxygens (including phenoxy) is 1. The molecule has 2 aliphatic rings. The van der Waals surface area contributed by atoms with Crippen molar-refractivity contribution in [3.63, 3.8) is 0 Å². The molecule has 67 heavy (non-hydrogen) atoms. The SMILES string of the molecule is CC(C)(C)c1ccnc(-n2c3[c-]c(Oc4[c-]c(-n5[c-][n+]6c7c(cccc75)-c5ccccc5-c5cc7c(cc5-c5ccccc5-6)-c5ccccc5C7(C)C)ccc4)ccc3c3ccccc32)c1.[Pt]. The average molecular weight is 1040 g/mol. The van der Waals surface area contributed by atoms with Crippen LogP contribution in [-0.4, -0.2) is 14.1 Å². The maximum atomic E-state index is 6.69. The van der Waals surface area contributed by atoms with Gasteiger partial charge < -0.3 is 13.9 Å². The van der Waals surface area contributed by atoms with E-state index in [1.54, 1.807) is 0 Å². The number of aromatic nitrogens is 4. The van der Waals surface area contributed by atoms with Crippen molar-refractivity contribution in [3.05, 3.63) is 211 Å². The van der Waals surface area contributed by atoms with Crippen LogP contribution in [-0.2, 0) is 31.9 Å². The standard InChI is InChI=1S/C61H44N4O.Pt/c1-60(2,3)38-30-31-62-58(32-38)65-55-26-13-10-21-45(55)47-29-28-41(34-57(47)65)66-40-17-14-16-39(33-40)63-37-64-54-25-12-9-22-46(54)49-35-51-44-20-8-11-24-52(44)61(4,5)53(51)36-50(49)43-19-7-6-18-42(43)48-23-15-27-56(63)59(48)64;/h6-32,35-36H,1-5H3;/q-2;. The van der Waals surface area contributed by atoms with Crippen LogP contribution in [0.25, 0.3) is 94.5 Å². The van der Waals surface area contributed by atoms with E-state index in [4.69, 9.17) is 9.72 Å². The number of hydrogen-bond acceptors (Lipinski definition) is 2. The fourth-order valence-electron chi connectivity index (χ4n) is 10.7. The number of imidazole rings is 1. The van der Waals surface area contributed by atoms with E-state index >= 15 is 0 Å². The Kier molecular flexibility index (Phi) is 9.27. The molecule has 0 N–H and O–H groups in total. The molecular formula is C61H44N4OPt-2. The molecule has 3 aromatic heterocycles. The van der Waals surface area contributed by atoms with Gasteiger partial charge in [0, 0.05) is 49.7 Å². The van der Waals surface area contributed by atoms with Gasteiger partial charge in [-0.1, -0.05) is 143 Å². The van der Waals surface area contributed by atoms with E-state index in [-0.39, 0.29) is 31.9 Å². The third-order valence-electron chi connectivity index (χ3n) is 14.0. The van der Waals surface area contributed by atoms with Crippen molar-refractivity contribution in [1.82, 2.24) is 14.1 Å². The number of hydrogen-bond donors (Lipinski definition) is 0. The Bertz CT molecular complexity index is 3830. The molecule has 8 aromatic carbocycles. The first-order valence-electron chi connectivity index (χ1n) is 22.7. The van der Waals surface area contributed by atoms with E-state index in [2.05, 4.69) is 218 Å². The molecular weight excluding hydrogens is 1000 g/mol. The minimum atomic E-state index is -0.131. The van der Waals surface area contributed by atoms with Gasteiger partial charge in [-0.05, 0) is 114 Å². The molecule has 1 aliphatic heterocycles. The van der Waals surface area contributed by atoms with Crippen LogP contribution in [0, 0.1) is 18.5 Å². The van der Waals surface area contributed by atoms with Crippen LogP contribution in [0.1, 0.15) is 51.3 Å². The Morgan fingerprint density at radius 3 is 2.06 bits per heavy atom. The van der Waals surface area contributed by atoms with Gasteiger partial charge >= 0.3 is 0 Å². The van der Waals surface area contributed by atoms with E-state index in [1.165, 1.54) is 50.1 Å². The second-order valence-corrected chi connectivity index (χ2v) is 19.2. The number of fused-ring (bicyclic) bond motifs is 13. The molecule has 1 aliphatic carbocycles. The minimum absolute atomic E-state index is 0. The molecule has 13 rings (SSSR count). The first-order chi connectivity index (χ1) is 32.1. The summed E-state index contributed by atoms with van der Waals surface area (Å²) < 4.78 is 13.3. The molecule has 0 atom stereocenters. The molecule has 0 unspecified atom stereocenters. The van der Waals surface area contributed by atoms with Crippen molar-refractivity contribution in [3.8, 4) is 73.2 Å². The van der Waals surface area contributed by atoms with Gasteiger partial charge in [-0.3, -0.25) is 4.57 Å². The van der Waals surface area contributed by atoms with Crippen molar-refractivity contribution in [2.75, 3.05) is 0 Å². The Morgan fingerprint density at radius 2 is 1.22 bits per heavy atom. The Balaban J connectivity index is 0.00000468. The predicted octanol–water partition coefficient (Wildman–Crippen LogP) is 14.5. The maximum Gasteiger partial charge on any atom is 0.268 e.